The van der Waals surface area contributed by atoms with Crippen molar-refractivity contribution >= 4 is 5.91 Å². The average Bonchev–Trinajstić information content (AvgIpc) is 2.61. The Morgan fingerprint density at radius 3 is 2.68 bits per heavy atom. The van der Waals surface area contributed by atoms with Gasteiger partial charge in [-0.15, -0.1) is 0 Å². The minimum absolute atomic E-state index is 0.128. The third-order valence-electron chi connectivity index (χ3n) is 5.89. The largest absolute Gasteiger partial charge is 0.396 e. The van der Waals surface area contributed by atoms with Gasteiger partial charge in [0.05, 0.1) is 0 Å². The van der Waals surface area contributed by atoms with Gasteiger partial charge in [-0.1, -0.05) is 12.1 Å². The first-order valence-electron chi connectivity index (χ1n) is 9.37. The number of aliphatic hydroxyl groups is 1. The first kappa shape index (κ1) is 18.3. The molecule has 2 saturated heterocycles. The van der Waals surface area contributed by atoms with Crippen LogP contribution in [0.15, 0.2) is 18.2 Å². The smallest absolute Gasteiger partial charge is 0.222 e. The van der Waals surface area contributed by atoms with Crippen LogP contribution in [0.4, 0.5) is 4.39 Å². The Labute approximate surface area is 149 Å². The van der Waals surface area contributed by atoms with Crippen molar-refractivity contribution in [2.45, 2.75) is 45.6 Å². The molecule has 1 spiro atoms. The van der Waals surface area contributed by atoms with Gasteiger partial charge < -0.3 is 10.0 Å². The van der Waals surface area contributed by atoms with Crippen LogP contribution >= 0.6 is 0 Å². The highest BCUT2D eigenvalue weighted by molar-refractivity contribution is 5.77. The number of carbonyl (C=O) groups excluding carboxylic acids is 1. The molecule has 3 rings (SSSR count). The summed E-state index contributed by atoms with van der Waals surface area (Å²) in [4.78, 5) is 16.4. The second kappa shape index (κ2) is 7.83. The van der Waals surface area contributed by atoms with E-state index < -0.39 is 0 Å². The first-order valence-corrected chi connectivity index (χ1v) is 9.37. The normalized spacial score (nSPS) is 21.1. The molecule has 2 aliphatic rings. The lowest BCUT2D eigenvalue weighted by Gasteiger charge is -2.47. The van der Waals surface area contributed by atoms with Gasteiger partial charge in [0, 0.05) is 32.7 Å². The quantitative estimate of drug-likeness (QED) is 0.890. The van der Waals surface area contributed by atoms with Gasteiger partial charge in [0.2, 0.25) is 5.91 Å². The third kappa shape index (κ3) is 4.39. The molecule has 1 N–H and O–H groups in total. The Hall–Kier alpha value is -1.46. The second-order valence-corrected chi connectivity index (χ2v) is 7.75. The van der Waals surface area contributed by atoms with Crippen molar-refractivity contribution in [1.82, 2.24) is 9.80 Å². The fraction of sp³-hybridized carbons (Fsp3) is 0.650. The standard InChI is InChI=1S/C20H29FN2O2/c1-16-3-4-17(13-18(16)21)14-22-10-7-20(8-11-22)6-5-19(25)23(15-20)9-2-12-24/h3-4,13,24H,2,5-12,14-15H2,1H3. The zero-order chi connectivity index (χ0) is 17.9. The molecule has 1 aromatic rings. The summed E-state index contributed by atoms with van der Waals surface area (Å²) in [7, 11) is 0. The SMILES string of the molecule is Cc1ccc(CN2CCC3(CCC(=O)N(CCCO)C3)CC2)cc1F. The molecule has 5 heteroatoms. The third-order valence-corrected chi connectivity index (χ3v) is 5.89. The Kier molecular flexibility index (Phi) is 5.74. The predicted octanol–water partition coefficient (Wildman–Crippen LogP) is 2.72. The van der Waals surface area contributed by atoms with E-state index in [0.717, 1.165) is 51.0 Å². The number of nitrogens with zero attached hydrogens (tertiary/aromatic N) is 2. The van der Waals surface area contributed by atoms with Crippen molar-refractivity contribution in [1.29, 1.82) is 0 Å². The zero-order valence-electron chi connectivity index (χ0n) is 15.1. The van der Waals surface area contributed by atoms with Crippen LogP contribution in [0.25, 0.3) is 0 Å². The van der Waals surface area contributed by atoms with Gasteiger partial charge in [0.25, 0.3) is 0 Å². The fourth-order valence-corrected chi connectivity index (χ4v) is 4.15. The lowest BCUT2D eigenvalue weighted by molar-refractivity contribution is -0.139. The molecular weight excluding hydrogens is 319 g/mol. The summed E-state index contributed by atoms with van der Waals surface area (Å²) in [5.74, 6) is 0.105. The maximum atomic E-state index is 13.7. The molecule has 1 aromatic carbocycles. The van der Waals surface area contributed by atoms with Gasteiger partial charge in [0.1, 0.15) is 5.82 Å². The van der Waals surface area contributed by atoms with E-state index >= 15 is 0 Å². The van der Waals surface area contributed by atoms with Crippen LogP contribution in [0, 0.1) is 18.2 Å². The molecule has 138 valence electrons. The zero-order valence-corrected chi connectivity index (χ0v) is 15.1. The number of halogens is 1. The van der Waals surface area contributed by atoms with Crippen molar-refractivity contribution in [3.05, 3.63) is 35.1 Å². The Morgan fingerprint density at radius 2 is 2.00 bits per heavy atom. The van der Waals surface area contributed by atoms with Crippen LogP contribution in [0.3, 0.4) is 0 Å². The molecule has 0 radical (unpaired) electrons. The van der Waals surface area contributed by atoms with E-state index in [1.54, 1.807) is 13.0 Å². The number of carbonyl (C=O) groups is 1. The summed E-state index contributed by atoms with van der Waals surface area (Å²) < 4.78 is 13.7. The first-order chi connectivity index (χ1) is 12.0. The Balaban J connectivity index is 1.55. The molecule has 0 saturated carbocycles. The highest BCUT2D eigenvalue weighted by Crippen LogP contribution is 2.40. The number of piperidine rings is 2. The van der Waals surface area contributed by atoms with E-state index in [1.807, 2.05) is 17.0 Å². The van der Waals surface area contributed by atoms with Gasteiger partial charge in [-0.3, -0.25) is 9.69 Å². The van der Waals surface area contributed by atoms with Crippen LogP contribution in [-0.2, 0) is 11.3 Å². The lowest BCUT2D eigenvalue weighted by atomic mass is 9.72. The summed E-state index contributed by atoms with van der Waals surface area (Å²) >= 11 is 0. The number of aryl methyl sites for hydroxylation is 1. The molecule has 0 atom stereocenters. The van der Waals surface area contributed by atoms with Crippen molar-refractivity contribution in [3.8, 4) is 0 Å². The van der Waals surface area contributed by atoms with Crippen LogP contribution in [0.5, 0.6) is 0 Å². The molecule has 2 aliphatic heterocycles. The van der Waals surface area contributed by atoms with Crippen molar-refractivity contribution in [2.24, 2.45) is 5.41 Å². The number of hydrogen-bond acceptors (Lipinski definition) is 3. The lowest BCUT2D eigenvalue weighted by Crippen LogP contribution is -2.51. The number of aliphatic hydroxyl groups excluding tert-OH is 1. The maximum absolute atomic E-state index is 13.7. The topological polar surface area (TPSA) is 43.8 Å². The minimum atomic E-state index is -0.128. The van der Waals surface area contributed by atoms with Gasteiger partial charge in [-0.05, 0) is 68.3 Å². The summed E-state index contributed by atoms with van der Waals surface area (Å²) in [6.07, 6.45) is 4.45. The van der Waals surface area contributed by atoms with Crippen molar-refractivity contribution in [3.63, 3.8) is 0 Å². The Bertz CT molecular complexity index is 612. The highest BCUT2D eigenvalue weighted by Gasteiger charge is 2.40. The van der Waals surface area contributed by atoms with E-state index in [1.165, 1.54) is 0 Å². The van der Waals surface area contributed by atoms with Crippen LogP contribution < -0.4 is 0 Å². The summed E-state index contributed by atoms with van der Waals surface area (Å²) in [5, 5.41) is 9.03. The molecular formula is C20H29FN2O2. The summed E-state index contributed by atoms with van der Waals surface area (Å²) in [6, 6.07) is 5.51. The van der Waals surface area contributed by atoms with Gasteiger partial charge in [0.15, 0.2) is 0 Å². The van der Waals surface area contributed by atoms with Crippen LogP contribution in [0.1, 0.15) is 43.2 Å². The van der Waals surface area contributed by atoms with Gasteiger partial charge in [-0.25, -0.2) is 4.39 Å². The number of likely N-dealkylation sites (tertiary alicyclic amines) is 2. The monoisotopic (exact) mass is 348 g/mol. The maximum Gasteiger partial charge on any atom is 0.222 e. The van der Waals surface area contributed by atoms with E-state index in [2.05, 4.69) is 4.90 Å². The molecule has 0 unspecified atom stereocenters. The van der Waals surface area contributed by atoms with E-state index in [4.69, 9.17) is 5.11 Å². The molecule has 0 bridgehead atoms. The molecule has 2 fully saturated rings. The van der Waals surface area contributed by atoms with Crippen molar-refractivity contribution < 1.29 is 14.3 Å². The van der Waals surface area contributed by atoms with E-state index in [9.17, 15) is 9.18 Å². The number of amides is 1. The van der Waals surface area contributed by atoms with Gasteiger partial charge >= 0.3 is 0 Å². The van der Waals surface area contributed by atoms with E-state index in [-0.39, 0.29) is 23.7 Å². The average molecular weight is 348 g/mol. The van der Waals surface area contributed by atoms with E-state index in [0.29, 0.717) is 24.9 Å². The molecule has 2 heterocycles. The molecule has 1 amide bonds. The highest BCUT2D eigenvalue weighted by atomic mass is 19.1. The number of hydrogen-bond donors (Lipinski definition) is 1. The summed E-state index contributed by atoms with van der Waals surface area (Å²) in [5.41, 5.74) is 1.96. The number of rotatable bonds is 5. The van der Waals surface area contributed by atoms with Crippen molar-refractivity contribution in [2.75, 3.05) is 32.8 Å². The predicted molar refractivity (Wildman–Crippen MR) is 95.6 cm³/mol. The fourth-order valence-electron chi connectivity index (χ4n) is 4.15. The second-order valence-electron chi connectivity index (χ2n) is 7.75. The molecule has 25 heavy (non-hydrogen) atoms. The Morgan fingerprint density at radius 1 is 1.24 bits per heavy atom. The minimum Gasteiger partial charge on any atom is -0.396 e. The van der Waals surface area contributed by atoms with Crippen LogP contribution in [-0.4, -0.2) is 53.6 Å². The molecule has 0 aromatic heterocycles. The van der Waals surface area contributed by atoms with Gasteiger partial charge in [-0.2, -0.15) is 0 Å². The summed E-state index contributed by atoms with van der Waals surface area (Å²) in [6.45, 7) is 6.21. The molecule has 4 nitrogen and oxygen atoms in total. The number of benzene rings is 1. The van der Waals surface area contributed by atoms with Crippen LogP contribution in [0.2, 0.25) is 0 Å². The molecule has 0 aliphatic carbocycles.